The zero-order chi connectivity index (χ0) is 95.0. The van der Waals surface area contributed by atoms with Crippen LogP contribution in [0, 0.1) is 11.6 Å². The summed E-state index contributed by atoms with van der Waals surface area (Å²) in [6.07, 6.45) is 10.8. The van der Waals surface area contributed by atoms with E-state index in [0.29, 0.717) is 184 Å². The zero-order valence-electron chi connectivity index (χ0n) is 78.8. The SMILES string of the molecule is CC(=O)Nc1ccc(-c2nc(N3CCOCC3)ncc2C(=O)N(Cc2ccccc2)C(C)C)cc1.CC(C)N(C(=O)c1cnc(N2CCCCC2)nc1-c1ccccc1F)c1ccc2c(c1)OCCO2.CC(C)N(C(=O)c1cnc(N2CCOCC2)nc1-c1ccccc1F)C1CCSC1.CC(C)Oc1ccc(-c2nc(N3CCOCC3)ncc2C(=O)N(Cc2ccccc2)C(C)C)cc1.[HH]. The number of amides is 5. The molecule has 710 valence electrons. The van der Waals surface area contributed by atoms with Crippen molar-refractivity contribution in [1.29, 1.82) is 0 Å². The van der Waals surface area contributed by atoms with Gasteiger partial charge in [-0.15, -0.1) is 0 Å². The summed E-state index contributed by atoms with van der Waals surface area (Å²) in [5, 5.41) is 2.78. The Morgan fingerprint density at radius 3 is 1.26 bits per heavy atom. The Balaban J connectivity index is 0.000000153. The minimum atomic E-state index is -0.430. The van der Waals surface area contributed by atoms with E-state index in [4.69, 9.17) is 43.4 Å². The Hall–Kier alpha value is -13.1. The molecular weight excluding hydrogens is 1730 g/mol. The van der Waals surface area contributed by atoms with Crippen molar-refractivity contribution in [2.45, 2.75) is 151 Å². The number of hydrogen-bond donors (Lipinski definition) is 1. The van der Waals surface area contributed by atoms with Crippen molar-refractivity contribution in [2.75, 3.05) is 147 Å². The molecule has 7 aromatic carbocycles. The van der Waals surface area contributed by atoms with E-state index in [1.54, 1.807) is 72.0 Å². The number of morpholine rings is 3. The van der Waals surface area contributed by atoms with Gasteiger partial charge in [0.05, 0.1) is 90.8 Å². The monoisotopic (exact) mass is 1860 g/mol. The average Bonchev–Trinajstić information content (AvgIpc) is 1.11. The van der Waals surface area contributed by atoms with Crippen molar-refractivity contribution in [3.05, 3.63) is 246 Å². The lowest BCUT2D eigenvalue weighted by molar-refractivity contribution is -0.114. The topological polar surface area (TPSA) is 282 Å². The Morgan fingerprint density at radius 1 is 0.444 bits per heavy atom. The van der Waals surface area contributed by atoms with Crippen LogP contribution in [0.3, 0.4) is 0 Å². The summed E-state index contributed by atoms with van der Waals surface area (Å²) in [5.41, 5.74) is 9.10. The summed E-state index contributed by atoms with van der Waals surface area (Å²) >= 11 is 1.86. The van der Waals surface area contributed by atoms with E-state index in [1.165, 1.54) is 31.7 Å². The van der Waals surface area contributed by atoms with Gasteiger partial charge in [0.15, 0.2) is 11.5 Å². The van der Waals surface area contributed by atoms with Gasteiger partial charge >= 0.3 is 0 Å². The maximum Gasteiger partial charge on any atom is 0.262 e. The Bertz CT molecular complexity index is 5810. The molecule has 6 aliphatic rings. The first-order valence-corrected chi connectivity index (χ1v) is 47.8. The number of aromatic nitrogens is 8. The second kappa shape index (κ2) is 47.2. The molecule has 0 radical (unpaired) electrons. The molecule has 0 bridgehead atoms. The predicted octanol–water partition coefficient (Wildman–Crippen LogP) is 17.6. The van der Waals surface area contributed by atoms with Crippen LogP contribution in [-0.2, 0) is 32.1 Å². The summed E-state index contributed by atoms with van der Waals surface area (Å²) in [7, 11) is 0. The molecule has 4 aromatic heterocycles. The van der Waals surface area contributed by atoms with E-state index in [2.05, 4.69) is 44.9 Å². The number of fused-ring (bicyclic) bond motifs is 1. The van der Waals surface area contributed by atoms with Crippen molar-refractivity contribution in [3.63, 3.8) is 0 Å². The molecule has 5 fully saturated rings. The van der Waals surface area contributed by atoms with Crippen LogP contribution >= 0.6 is 11.8 Å². The largest absolute Gasteiger partial charge is 0.491 e. The lowest BCUT2D eigenvalue weighted by Gasteiger charge is -2.33. The number of carbonyl (C=O) groups excluding carboxylic acids is 5. The third kappa shape index (κ3) is 25.3. The van der Waals surface area contributed by atoms with E-state index in [9.17, 15) is 32.8 Å². The molecule has 6 aliphatic heterocycles. The van der Waals surface area contributed by atoms with Gasteiger partial charge in [-0.05, 0) is 185 Å². The second-order valence-corrected chi connectivity index (χ2v) is 36.1. The van der Waals surface area contributed by atoms with Crippen molar-refractivity contribution < 1.29 is 62.6 Å². The van der Waals surface area contributed by atoms with Gasteiger partial charge in [0.25, 0.3) is 23.6 Å². The van der Waals surface area contributed by atoms with E-state index in [1.807, 2.05) is 216 Å². The quantitative estimate of drug-likeness (QED) is 0.0556. The second-order valence-electron chi connectivity index (χ2n) is 34.9. The van der Waals surface area contributed by atoms with Crippen molar-refractivity contribution in [2.24, 2.45) is 0 Å². The summed E-state index contributed by atoms with van der Waals surface area (Å²) < 4.78 is 63.2. The van der Waals surface area contributed by atoms with Crippen LogP contribution in [0.25, 0.3) is 45.0 Å². The summed E-state index contributed by atoms with van der Waals surface area (Å²) in [4.78, 5) is 120. The summed E-state index contributed by atoms with van der Waals surface area (Å²) in [6, 6.07) is 53.4. The van der Waals surface area contributed by atoms with Crippen molar-refractivity contribution in [1.82, 2.24) is 54.6 Å². The fourth-order valence-electron chi connectivity index (χ4n) is 16.7. The minimum Gasteiger partial charge on any atom is -0.491 e. The fraction of sp³-hybridized carbons (Fsp3) is 0.394. The molecule has 31 heteroatoms. The van der Waals surface area contributed by atoms with Gasteiger partial charge in [-0.25, -0.2) is 48.7 Å². The first kappa shape index (κ1) is 97.9. The third-order valence-electron chi connectivity index (χ3n) is 23.6. The van der Waals surface area contributed by atoms with Gasteiger partial charge in [0, 0.05) is 174 Å². The number of hydrogen-bond acceptors (Lipinski definition) is 24. The van der Waals surface area contributed by atoms with Crippen LogP contribution in [0.2, 0.25) is 0 Å². The molecular formula is C104H123F2N17O11S. The number of carbonyl (C=O) groups is 5. The van der Waals surface area contributed by atoms with Crippen LogP contribution in [0.1, 0.15) is 156 Å². The van der Waals surface area contributed by atoms with E-state index >= 15 is 0 Å². The minimum absolute atomic E-state index is 0. The normalized spacial score (nSPS) is 15.3. The van der Waals surface area contributed by atoms with Crippen LogP contribution in [0.4, 0.5) is 43.9 Å². The van der Waals surface area contributed by atoms with Crippen LogP contribution in [0.5, 0.6) is 17.2 Å². The van der Waals surface area contributed by atoms with E-state index < -0.39 is 11.6 Å². The molecule has 5 amide bonds. The highest BCUT2D eigenvalue weighted by molar-refractivity contribution is 7.99. The highest BCUT2D eigenvalue weighted by atomic mass is 32.2. The highest BCUT2D eigenvalue weighted by Crippen LogP contribution is 2.39. The van der Waals surface area contributed by atoms with Gasteiger partial charge < -0.3 is 72.9 Å². The molecule has 135 heavy (non-hydrogen) atoms. The molecule has 0 spiro atoms. The number of benzene rings is 7. The van der Waals surface area contributed by atoms with Gasteiger partial charge in [0.1, 0.15) is 30.6 Å². The third-order valence-corrected chi connectivity index (χ3v) is 24.7. The number of thioether (sulfide) groups is 1. The smallest absolute Gasteiger partial charge is 0.262 e. The van der Waals surface area contributed by atoms with Gasteiger partial charge in [-0.1, -0.05) is 97.1 Å². The molecule has 0 aliphatic carbocycles. The molecule has 5 saturated heterocycles. The molecule has 1 unspecified atom stereocenters. The molecule has 10 heterocycles. The van der Waals surface area contributed by atoms with Crippen molar-refractivity contribution in [3.8, 4) is 62.3 Å². The van der Waals surface area contributed by atoms with Crippen LogP contribution in [-0.4, -0.2) is 237 Å². The van der Waals surface area contributed by atoms with Crippen molar-refractivity contribution >= 4 is 76.5 Å². The first-order chi connectivity index (χ1) is 65.4. The number of nitrogens with zero attached hydrogens (tertiary/aromatic N) is 16. The maximum absolute atomic E-state index is 14.9. The first-order valence-electron chi connectivity index (χ1n) is 46.6. The molecule has 11 aromatic rings. The lowest BCUT2D eigenvalue weighted by atomic mass is 10.0. The van der Waals surface area contributed by atoms with Gasteiger partial charge in [-0.2, -0.15) is 11.8 Å². The van der Waals surface area contributed by atoms with Crippen LogP contribution < -0.4 is 44.0 Å². The summed E-state index contributed by atoms with van der Waals surface area (Å²) in [6.45, 7) is 32.9. The number of anilines is 6. The Morgan fingerprint density at radius 2 is 0.852 bits per heavy atom. The Kier molecular flexibility index (Phi) is 34.2. The number of nitrogens with one attached hydrogen (secondary N) is 1. The predicted molar refractivity (Wildman–Crippen MR) is 526 cm³/mol. The van der Waals surface area contributed by atoms with E-state index in [-0.39, 0.29) is 78.4 Å². The molecule has 28 nitrogen and oxygen atoms in total. The lowest BCUT2D eigenvalue weighted by Crippen LogP contribution is -2.45. The number of piperidine rings is 1. The molecule has 1 N–H and O–H groups in total. The standard InChI is InChI=1S/C28H34N4O3.C27H29FN4O3.C27H31N5O3.C22H27FN4O2S.H2/c1-20(2)32(19-22-8-6-5-7-9-22)27(33)25-18-29-28(31-14-16-34-17-15-31)30-26(25)23-10-12-24(13-11-23)35-21(3)4;1-18(2)32(19-10-11-23-24(16-19)35-15-14-34-23)26(33)21-17-29-27(31-12-6-3-7-13-31)30-25(21)20-8-4-5-9-22(20)28;1-19(2)32(18-21-7-5-4-6-8-21)26(34)24-17-28-27(31-13-15-35-16-14-31)30-25(24)22-9-11-23(12-10-22)29-20(3)33;1-15(2)27(16-7-12-30-14-16)21(28)18-13-24-22(26-8-10-29-11-9-26)25-20(18)17-5-3-4-6-19(17)23;/h5-13,18,20-21H,14-17,19H2,1-4H3;4-5,8-11,16-18H,3,6-7,12-15H2,1-2H3;4-12,17,19H,13-16,18H2,1-3H3,(H,29,33);3-6,13,15-16H,7-12,14H2,1-2H3;1H. The highest BCUT2D eigenvalue weighted by Gasteiger charge is 2.36. The number of ether oxygens (including phenoxy) is 6. The van der Waals surface area contributed by atoms with Gasteiger partial charge in [-0.3, -0.25) is 24.0 Å². The average molecular weight is 1860 g/mol. The number of rotatable bonds is 25. The Labute approximate surface area is 795 Å². The number of halogens is 2. The fourth-order valence-corrected chi connectivity index (χ4v) is 17.9. The van der Waals surface area contributed by atoms with Gasteiger partial charge in [0.2, 0.25) is 29.7 Å². The molecule has 0 saturated carbocycles. The zero-order valence-corrected chi connectivity index (χ0v) is 79.6. The van der Waals surface area contributed by atoms with Crippen LogP contribution in [0.15, 0.2) is 201 Å². The molecule has 1 atom stereocenters. The summed E-state index contributed by atoms with van der Waals surface area (Å²) in [5.74, 6) is 4.59. The maximum atomic E-state index is 14.9. The molecule has 17 rings (SSSR count). The van der Waals surface area contributed by atoms with E-state index in [0.717, 1.165) is 85.0 Å².